The lowest BCUT2D eigenvalue weighted by molar-refractivity contribution is -0.00676. The Labute approximate surface area is 108 Å². The number of H-pyrrole nitrogens is 1. The number of nitrogens with one attached hydrogen (secondary N) is 1. The molecule has 1 saturated carbocycles. The summed E-state index contributed by atoms with van der Waals surface area (Å²) in [6.45, 7) is -0.172. The van der Waals surface area contributed by atoms with Gasteiger partial charge in [0.05, 0.1) is 24.2 Å². The van der Waals surface area contributed by atoms with E-state index in [2.05, 4.69) is 15.0 Å². The largest absolute Gasteiger partial charge is 0.396 e. The van der Waals surface area contributed by atoms with Gasteiger partial charge in [0.2, 0.25) is 0 Å². The molecule has 4 N–H and O–H groups in total. The number of aliphatic hydroxyl groups is 3. The summed E-state index contributed by atoms with van der Waals surface area (Å²) < 4.78 is 0. The normalized spacial score (nSPS) is 36.7. The Morgan fingerprint density at radius 1 is 1.37 bits per heavy atom. The lowest BCUT2D eigenvalue weighted by Gasteiger charge is -2.20. The highest BCUT2D eigenvalue weighted by atomic mass is 16.3. The molecule has 19 heavy (non-hydrogen) atoms. The monoisotopic (exact) mass is 265 g/mol. The van der Waals surface area contributed by atoms with E-state index in [0.717, 1.165) is 0 Å². The summed E-state index contributed by atoms with van der Waals surface area (Å²) in [4.78, 5) is 22.2. The van der Waals surface area contributed by atoms with Crippen molar-refractivity contribution in [1.82, 2.24) is 9.97 Å². The third-order valence-electron chi connectivity index (χ3n) is 4.08. The highest BCUT2D eigenvalue weighted by molar-refractivity contribution is 5.79. The highest BCUT2D eigenvalue weighted by Gasteiger charge is 2.46. The van der Waals surface area contributed by atoms with E-state index in [1.54, 1.807) is 6.21 Å². The van der Waals surface area contributed by atoms with Crippen LogP contribution >= 0.6 is 0 Å². The van der Waals surface area contributed by atoms with Gasteiger partial charge >= 0.3 is 0 Å². The first-order chi connectivity index (χ1) is 9.13. The Hall–Kier alpha value is -1.57. The van der Waals surface area contributed by atoms with Gasteiger partial charge < -0.3 is 20.3 Å². The van der Waals surface area contributed by atoms with Crippen LogP contribution in [0.25, 0.3) is 0 Å². The summed E-state index contributed by atoms with van der Waals surface area (Å²) in [5.41, 5.74) is 0.482. The maximum absolute atomic E-state index is 11.6. The Kier molecular flexibility index (Phi) is 2.96. The van der Waals surface area contributed by atoms with E-state index in [9.17, 15) is 20.1 Å². The van der Waals surface area contributed by atoms with Gasteiger partial charge in [-0.25, -0.2) is 4.98 Å². The topological polar surface area (TPSA) is 119 Å². The van der Waals surface area contributed by atoms with Gasteiger partial charge in [0, 0.05) is 30.6 Å². The molecular formula is C12H15N3O4. The number of aliphatic imine (C=N–C) groups is 1. The summed E-state index contributed by atoms with van der Waals surface area (Å²) in [5.74, 6) is -0.926. The second kappa shape index (κ2) is 4.52. The van der Waals surface area contributed by atoms with Crippen molar-refractivity contribution in [2.45, 2.75) is 24.5 Å². The van der Waals surface area contributed by atoms with Gasteiger partial charge in [-0.1, -0.05) is 0 Å². The Balaban J connectivity index is 1.93. The number of aromatic nitrogens is 2. The number of nitrogens with zero attached hydrogens (tertiary/aromatic N) is 2. The average Bonchev–Trinajstić information content (AvgIpc) is 2.94. The Morgan fingerprint density at radius 3 is 2.84 bits per heavy atom. The van der Waals surface area contributed by atoms with Gasteiger partial charge in [0.25, 0.3) is 5.56 Å². The van der Waals surface area contributed by atoms with E-state index >= 15 is 0 Å². The van der Waals surface area contributed by atoms with Crippen molar-refractivity contribution in [3.63, 3.8) is 0 Å². The maximum atomic E-state index is 11.6. The van der Waals surface area contributed by atoms with E-state index in [1.807, 2.05) is 0 Å². The first kappa shape index (κ1) is 12.5. The molecule has 0 aromatic carbocycles. The molecule has 2 heterocycles. The molecule has 0 saturated heterocycles. The molecule has 3 rings (SSSR count). The van der Waals surface area contributed by atoms with Crippen molar-refractivity contribution in [2.24, 2.45) is 16.8 Å². The van der Waals surface area contributed by atoms with E-state index in [1.165, 1.54) is 6.33 Å². The lowest BCUT2D eigenvalue weighted by atomic mass is 9.87. The SMILES string of the molecule is O=c1[nH]cnc2c1N=CC2[C@@H]1C[C@H](CO)[C@@H](O)[C@H]1O. The Bertz CT molecular complexity index is 570. The fraction of sp³-hybridized carbons (Fsp3) is 0.583. The van der Waals surface area contributed by atoms with E-state index < -0.39 is 12.2 Å². The molecule has 0 amide bonds. The van der Waals surface area contributed by atoms with Crippen molar-refractivity contribution in [3.05, 3.63) is 22.4 Å². The summed E-state index contributed by atoms with van der Waals surface area (Å²) in [6.07, 6.45) is 1.48. The fourth-order valence-corrected chi connectivity index (χ4v) is 3.02. The van der Waals surface area contributed by atoms with Crippen molar-refractivity contribution in [3.8, 4) is 0 Å². The highest BCUT2D eigenvalue weighted by Crippen LogP contribution is 2.43. The molecule has 1 unspecified atom stereocenters. The fourth-order valence-electron chi connectivity index (χ4n) is 3.02. The molecule has 5 atom stereocenters. The zero-order valence-electron chi connectivity index (χ0n) is 10.1. The number of fused-ring (bicyclic) bond motifs is 1. The molecule has 1 aliphatic carbocycles. The summed E-state index contributed by atoms with van der Waals surface area (Å²) in [7, 11) is 0. The molecule has 0 radical (unpaired) electrons. The molecule has 0 bridgehead atoms. The van der Waals surface area contributed by atoms with Gasteiger partial charge in [0.15, 0.2) is 0 Å². The molecule has 102 valence electrons. The van der Waals surface area contributed by atoms with Crippen LogP contribution < -0.4 is 5.56 Å². The van der Waals surface area contributed by atoms with Crippen molar-refractivity contribution in [2.75, 3.05) is 6.61 Å². The van der Waals surface area contributed by atoms with E-state index in [0.29, 0.717) is 12.1 Å². The molecule has 7 nitrogen and oxygen atoms in total. The minimum Gasteiger partial charge on any atom is -0.396 e. The van der Waals surface area contributed by atoms with Gasteiger partial charge in [-0.2, -0.15) is 0 Å². The van der Waals surface area contributed by atoms with Gasteiger partial charge in [0.1, 0.15) is 5.69 Å². The average molecular weight is 265 g/mol. The smallest absolute Gasteiger partial charge is 0.276 e. The molecule has 0 spiro atoms. The van der Waals surface area contributed by atoms with Crippen LogP contribution in [0.3, 0.4) is 0 Å². The van der Waals surface area contributed by atoms with Crippen LogP contribution in [-0.4, -0.2) is 50.3 Å². The summed E-state index contributed by atoms with van der Waals surface area (Å²) in [5, 5.41) is 29.1. The molecule has 1 fully saturated rings. The first-order valence-corrected chi connectivity index (χ1v) is 6.22. The number of aliphatic hydroxyl groups excluding tert-OH is 3. The number of hydrogen-bond acceptors (Lipinski definition) is 6. The number of aromatic amines is 1. The van der Waals surface area contributed by atoms with Crippen molar-refractivity contribution < 1.29 is 15.3 Å². The van der Waals surface area contributed by atoms with Crippen LogP contribution in [0.5, 0.6) is 0 Å². The standard InChI is InChI=1S/C12H15N3O4/c16-3-5-1-6(11(18)10(5)17)7-2-13-9-8(7)14-4-15-12(9)19/h2,4-7,10-11,16-18H,1,3H2,(H,14,15,19)/t5-,6+,7?,10-,11+/m1/s1. The van der Waals surface area contributed by atoms with Gasteiger partial charge in [-0.15, -0.1) is 0 Å². The molecule has 7 heteroatoms. The van der Waals surface area contributed by atoms with Crippen LogP contribution in [0.15, 0.2) is 16.1 Å². The van der Waals surface area contributed by atoms with E-state index in [4.69, 9.17) is 0 Å². The second-order valence-electron chi connectivity index (χ2n) is 5.09. The third-order valence-corrected chi connectivity index (χ3v) is 4.08. The first-order valence-electron chi connectivity index (χ1n) is 6.22. The van der Waals surface area contributed by atoms with Crippen LogP contribution in [0.1, 0.15) is 18.0 Å². The lowest BCUT2D eigenvalue weighted by Crippen LogP contribution is -2.31. The summed E-state index contributed by atoms with van der Waals surface area (Å²) in [6, 6.07) is 0. The van der Waals surface area contributed by atoms with E-state index in [-0.39, 0.29) is 35.6 Å². The molecule has 1 aromatic rings. The van der Waals surface area contributed by atoms with Crippen LogP contribution in [0.2, 0.25) is 0 Å². The van der Waals surface area contributed by atoms with Crippen LogP contribution in [-0.2, 0) is 0 Å². The predicted octanol–water partition coefficient (Wildman–Crippen LogP) is -1.08. The number of hydrogen-bond donors (Lipinski definition) is 4. The molecule has 1 aromatic heterocycles. The predicted molar refractivity (Wildman–Crippen MR) is 66.4 cm³/mol. The van der Waals surface area contributed by atoms with Gasteiger partial charge in [-0.05, 0) is 6.42 Å². The third kappa shape index (κ3) is 1.81. The number of rotatable bonds is 2. The van der Waals surface area contributed by atoms with Gasteiger partial charge in [-0.3, -0.25) is 9.79 Å². The quantitative estimate of drug-likeness (QED) is 0.542. The zero-order chi connectivity index (χ0) is 13.6. The molecule has 1 aliphatic heterocycles. The maximum Gasteiger partial charge on any atom is 0.276 e. The minimum atomic E-state index is -0.950. The zero-order valence-corrected chi connectivity index (χ0v) is 10.1. The molecule has 2 aliphatic rings. The van der Waals surface area contributed by atoms with Crippen LogP contribution in [0, 0.1) is 11.8 Å². The minimum absolute atomic E-state index is 0.172. The second-order valence-corrected chi connectivity index (χ2v) is 5.09. The Morgan fingerprint density at radius 2 is 2.16 bits per heavy atom. The van der Waals surface area contributed by atoms with Crippen LogP contribution in [0.4, 0.5) is 5.69 Å². The van der Waals surface area contributed by atoms with Crippen molar-refractivity contribution in [1.29, 1.82) is 0 Å². The summed E-state index contributed by atoms with van der Waals surface area (Å²) >= 11 is 0. The molecular weight excluding hydrogens is 250 g/mol. The van der Waals surface area contributed by atoms with Crippen molar-refractivity contribution >= 4 is 11.9 Å².